The van der Waals surface area contributed by atoms with Gasteiger partial charge in [-0.05, 0) is 330 Å². The SMILES string of the molecule is C[Si]([O])(CC[Si](CC[Si]1(C)O[Si](C)(C)O[Si](C)(C)O[Si](C)(C)O1)(CC[Si]1(C)O[Si](C)(C)O[Si](C)(C)O[Si](C)(C)O1)CC[Si]1(C)O[Si](C)(C)O[Si](C)(C)O[Si](C)(C)O1)CC[Si](CC[Si]1(C)O[Si](C)(C)O[Si](C)(C)O[Si](C)(C)O1)(CC[Si]1(C)O[Si](C)(C)O[Si](C)(C)O[Si](C)(C)O1)CC[Si]1(C)O[Si](C)(C)O[Si](C)(C)O[Si](C)(C)O1. The molecule has 0 atom stereocenters. The molecule has 1 radical (unpaired) electrons. The third-order valence-electron chi connectivity index (χ3n) is 20.5. The second-order valence-electron chi connectivity index (χ2n) is 42.9. The molecule has 25 nitrogen and oxygen atoms in total. The molecule has 0 aromatic rings. The molecule has 6 rings (SSSR count). The lowest BCUT2D eigenvalue weighted by atomic mass is 10.9. The molecule has 0 amide bonds. The quantitative estimate of drug-likeness (QED) is 0.0816. The van der Waals surface area contributed by atoms with Crippen LogP contribution in [0.2, 0.25) is 378 Å². The summed E-state index contributed by atoms with van der Waals surface area (Å²) in [7, 11) is -78.0. The lowest BCUT2D eigenvalue weighted by Gasteiger charge is -2.50. The maximum Gasteiger partial charge on any atom is 0.317 e. The molecule has 6 aliphatic rings. The summed E-state index contributed by atoms with van der Waals surface area (Å²) in [4.78, 5) is 17.3. The van der Waals surface area contributed by atoms with E-state index in [2.05, 4.69) is 282 Å². The Morgan fingerprint density at radius 1 is 0.144 bits per heavy atom. The Kier molecular flexibility index (Phi) is 32.8. The van der Waals surface area contributed by atoms with Crippen LogP contribution in [0.1, 0.15) is 0 Å². The van der Waals surface area contributed by atoms with Crippen molar-refractivity contribution in [3.8, 4) is 0 Å². The van der Waals surface area contributed by atoms with E-state index < -0.39 is 230 Å². The third kappa shape index (κ3) is 34.9. The van der Waals surface area contributed by atoms with Gasteiger partial charge in [0.2, 0.25) is 8.32 Å². The Balaban J connectivity index is 1.60. The number of rotatable bonds is 24. The van der Waals surface area contributed by atoms with Crippen LogP contribution in [0.25, 0.3) is 0 Å². The normalized spacial score (nSPS) is 30.2. The van der Waals surface area contributed by atoms with Crippen molar-refractivity contribution in [2.75, 3.05) is 0 Å². The Bertz CT molecular complexity index is 2530. The van der Waals surface area contributed by atoms with Gasteiger partial charge in [-0.1, -0.05) is 48.4 Å². The molecule has 0 N–H and O–H groups in total. The Morgan fingerprint density at radius 3 is 0.333 bits per heavy atom. The molecule has 6 heterocycles. The second kappa shape index (κ2) is 34.8. The highest BCUT2D eigenvalue weighted by Gasteiger charge is 2.62. The third-order valence-corrected chi connectivity index (χ3v) is 136. The molecular formula is C59H161O25Si27. The maximum absolute atomic E-state index is 17.3. The minimum Gasteiger partial charge on any atom is -0.416 e. The van der Waals surface area contributed by atoms with Crippen LogP contribution in [-0.2, 0) is 104 Å². The van der Waals surface area contributed by atoms with Crippen molar-refractivity contribution < 1.29 is 104 Å². The van der Waals surface area contributed by atoms with E-state index in [1.54, 1.807) is 0 Å². The van der Waals surface area contributed by atoms with Crippen molar-refractivity contribution in [1.29, 1.82) is 0 Å². The maximum atomic E-state index is 17.3. The van der Waals surface area contributed by atoms with E-state index in [1.807, 2.05) is 0 Å². The Hall–Kier alpha value is 4.86. The molecule has 0 aromatic carbocycles. The number of hydrogen-bond acceptors (Lipinski definition) is 24. The van der Waals surface area contributed by atoms with Crippen molar-refractivity contribution in [1.82, 2.24) is 0 Å². The largest absolute Gasteiger partial charge is 0.416 e. The van der Waals surface area contributed by atoms with E-state index in [0.29, 0.717) is 48.4 Å². The van der Waals surface area contributed by atoms with Crippen LogP contribution in [0.4, 0.5) is 0 Å². The van der Waals surface area contributed by atoms with Gasteiger partial charge in [0.15, 0.2) is 0 Å². The summed E-state index contributed by atoms with van der Waals surface area (Å²) in [5, 5.41) is 0. The number of hydrogen-bond donors (Lipinski definition) is 0. The fraction of sp³-hybridized carbons (Fsp3) is 1.00. The predicted molar refractivity (Wildman–Crippen MR) is 511 cm³/mol. The van der Waals surface area contributed by atoms with E-state index in [9.17, 15) is 0 Å². The molecule has 111 heavy (non-hydrogen) atoms. The fourth-order valence-corrected chi connectivity index (χ4v) is 180. The van der Waals surface area contributed by atoms with Gasteiger partial charge in [-0.15, -0.1) is 0 Å². The first-order valence-electron chi connectivity index (χ1n) is 41.2. The topological polar surface area (TPSA) is 241 Å². The molecule has 0 spiro atoms. The Morgan fingerprint density at radius 2 is 0.234 bits per heavy atom. The zero-order valence-corrected chi connectivity index (χ0v) is 105. The average molecular weight is 2030 g/mol. The van der Waals surface area contributed by atoms with Gasteiger partial charge in [0.1, 0.15) is 0 Å². The zero-order chi connectivity index (χ0) is 85.8. The molecule has 52 heteroatoms. The summed E-state index contributed by atoms with van der Waals surface area (Å²) in [6.45, 7) is 93.1. The van der Waals surface area contributed by atoms with E-state index in [4.69, 9.17) is 98.8 Å². The molecule has 0 aliphatic carbocycles. The van der Waals surface area contributed by atoms with Crippen LogP contribution in [0, 0.1) is 0 Å². The highest BCUT2D eigenvalue weighted by Crippen LogP contribution is 2.50. The molecule has 0 aromatic heterocycles. The first-order valence-corrected chi connectivity index (χ1v) is 115. The van der Waals surface area contributed by atoms with Gasteiger partial charge in [0.25, 0.3) is 0 Å². The highest BCUT2D eigenvalue weighted by molar-refractivity contribution is 7.00. The molecule has 0 unspecified atom stereocenters. The Labute approximate surface area is 705 Å². The summed E-state index contributed by atoms with van der Waals surface area (Å²) in [5.74, 6) is 0. The average Bonchev–Trinajstić information content (AvgIpc) is 0.785. The summed E-state index contributed by atoms with van der Waals surface area (Å²) in [6, 6.07) is 12.0. The van der Waals surface area contributed by atoms with E-state index in [-0.39, 0.29) is 0 Å². The molecule has 6 fully saturated rings. The monoisotopic (exact) mass is 2030 g/mol. The van der Waals surface area contributed by atoms with Gasteiger partial charge < -0.3 is 98.8 Å². The first kappa shape index (κ1) is 105. The summed E-state index contributed by atoms with van der Waals surface area (Å²) >= 11 is 0. The van der Waals surface area contributed by atoms with Crippen LogP contribution in [0.15, 0.2) is 0 Å². The lowest BCUT2D eigenvalue weighted by Crippen LogP contribution is -2.66. The molecular weight excluding hydrogens is 1870 g/mol. The highest BCUT2D eigenvalue weighted by atomic mass is 28.6. The van der Waals surface area contributed by atoms with Crippen LogP contribution < -0.4 is 0 Å². The van der Waals surface area contributed by atoms with Gasteiger partial charge in [0, 0.05) is 0 Å². The van der Waals surface area contributed by atoms with Crippen molar-refractivity contribution in [2.24, 2.45) is 0 Å². The van der Waals surface area contributed by atoms with Crippen LogP contribution >= 0.6 is 0 Å². The molecule has 0 saturated carbocycles. The van der Waals surface area contributed by atoms with Crippen LogP contribution in [0.3, 0.4) is 0 Å². The van der Waals surface area contributed by atoms with Gasteiger partial charge >= 0.3 is 205 Å². The van der Waals surface area contributed by atoms with Crippen molar-refractivity contribution in [3.05, 3.63) is 0 Å². The van der Waals surface area contributed by atoms with Crippen LogP contribution in [0.5, 0.6) is 0 Å². The predicted octanol–water partition coefficient (Wildman–Crippen LogP) is 20.4. The summed E-state index contributed by atoms with van der Waals surface area (Å²) in [5.41, 5.74) is 0. The van der Waals surface area contributed by atoms with Gasteiger partial charge in [-0.2, -0.15) is 0 Å². The molecule has 655 valence electrons. The van der Waals surface area contributed by atoms with E-state index in [0.717, 1.165) is 48.4 Å². The van der Waals surface area contributed by atoms with E-state index in [1.165, 1.54) is 0 Å². The van der Waals surface area contributed by atoms with Crippen molar-refractivity contribution in [2.45, 2.75) is 378 Å². The molecule has 6 saturated heterocycles. The first-order chi connectivity index (χ1) is 48.6. The minimum absolute atomic E-state index is 0.570. The lowest BCUT2D eigenvalue weighted by molar-refractivity contribution is 0.231. The van der Waals surface area contributed by atoms with Gasteiger partial charge in [-0.25, -0.2) is 0 Å². The zero-order valence-electron chi connectivity index (χ0n) is 78.0. The van der Waals surface area contributed by atoms with Gasteiger partial charge in [0.05, 0.1) is 16.1 Å². The smallest absolute Gasteiger partial charge is 0.317 e. The summed E-state index contributed by atoms with van der Waals surface area (Å²) in [6.07, 6.45) is 0. The van der Waals surface area contributed by atoms with Gasteiger partial charge in [-0.3, -0.25) is 4.80 Å². The standard InChI is InChI=1S/C59H161O25Si27/c1-85(2)61-91(13,14)73-104(38,74-92(15,16)62-85)46-54-110(55-47-105(39)75-93(17,18)63-86(3,4)64-94(19,20)76-105,56-48-106(40)77-95(21,22)65-87(5,6)66-96(23,24)78-106)52-44-103(37,60)45-53-111(57-49-107(41)79-97(25,26)67-88(7,8)68-98(27,28)80-107,58-50-108(42)81-99(29,30)69-89(9,10)70-100(31,32)82-108)59-51-109(43)83-101(33,34)71-90(11,12)72-102(35,36)84-109/h44-59H2,1-43H3. The fourth-order valence-electron chi connectivity index (χ4n) is 20.1. The van der Waals surface area contributed by atoms with Crippen LogP contribution in [-0.4, -0.2) is 230 Å². The minimum atomic E-state index is -3.52. The summed E-state index contributed by atoms with van der Waals surface area (Å²) < 4.78 is 175. The van der Waals surface area contributed by atoms with E-state index >= 15 is 4.80 Å². The second-order valence-corrected chi connectivity index (χ2v) is 143. The molecule has 6 aliphatic heterocycles. The van der Waals surface area contributed by atoms with Crippen molar-refractivity contribution >= 4 is 230 Å². The van der Waals surface area contributed by atoms with Crippen molar-refractivity contribution in [3.63, 3.8) is 0 Å². The molecule has 0 bridgehead atoms.